The van der Waals surface area contributed by atoms with Crippen molar-refractivity contribution in [3.63, 3.8) is 0 Å². The Morgan fingerprint density at radius 3 is 2.62 bits per heavy atom. The minimum atomic E-state index is 0.189. The van der Waals surface area contributed by atoms with Crippen molar-refractivity contribution in [2.24, 2.45) is 0 Å². The molecular weight excluding hydrogens is 168 g/mol. The Balaban J connectivity index is 1.89. The Labute approximate surface area is 79.4 Å². The average molecular weight is 186 g/mol. The zero-order valence-corrected chi connectivity index (χ0v) is 8.04. The maximum Gasteiger partial charge on any atom is 0.145 e. The van der Waals surface area contributed by atoms with Crippen molar-refractivity contribution in [1.82, 2.24) is 0 Å². The molecule has 0 aromatic rings. The van der Waals surface area contributed by atoms with Gasteiger partial charge in [-0.3, -0.25) is 0 Å². The largest absolute Gasteiger partial charge is 0.376 e. The lowest BCUT2D eigenvalue weighted by Gasteiger charge is -2.21. The third-order valence-electron chi connectivity index (χ3n) is 2.32. The van der Waals surface area contributed by atoms with E-state index in [-0.39, 0.29) is 6.61 Å². The third kappa shape index (κ3) is 5.01. The minimum Gasteiger partial charge on any atom is -0.376 e. The molecule has 0 unspecified atom stereocenters. The molecule has 0 bridgehead atoms. The van der Waals surface area contributed by atoms with Crippen molar-refractivity contribution >= 4 is 6.29 Å². The van der Waals surface area contributed by atoms with Crippen LogP contribution in [0.25, 0.3) is 0 Å². The monoisotopic (exact) mass is 186 g/mol. The van der Waals surface area contributed by atoms with Gasteiger partial charge in [-0.15, -0.1) is 0 Å². The molecule has 0 aromatic carbocycles. The van der Waals surface area contributed by atoms with Gasteiger partial charge in [0.15, 0.2) is 0 Å². The van der Waals surface area contributed by atoms with Crippen molar-refractivity contribution in [3.05, 3.63) is 0 Å². The lowest BCUT2D eigenvalue weighted by molar-refractivity contribution is -0.112. The zero-order chi connectivity index (χ0) is 9.36. The van der Waals surface area contributed by atoms with E-state index in [4.69, 9.17) is 9.47 Å². The van der Waals surface area contributed by atoms with Crippen LogP contribution >= 0.6 is 0 Å². The van der Waals surface area contributed by atoms with E-state index in [0.717, 1.165) is 6.29 Å². The second-order valence-electron chi connectivity index (χ2n) is 3.37. The van der Waals surface area contributed by atoms with E-state index in [0.29, 0.717) is 19.3 Å². The van der Waals surface area contributed by atoms with Crippen molar-refractivity contribution in [2.75, 3.05) is 19.8 Å². The lowest BCUT2D eigenvalue weighted by Crippen LogP contribution is -2.19. The Morgan fingerprint density at radius 2 is 1.92 bits per heavy atom. The van der Waals surface area contributed by atoms with E-state index in [1.165, 1.54) is 32.1 Å². The van der Waals surface area contributed by atoms with Gasteiger partial charge in [-0.1, -0.05) is 19.3 Å². The van der Waals surface area contributed by atoms with Gasteiger partial charge in [0.05, 0.1) is 19.3 Å². The van der Waals surface area contributed by atoms with Crippen LogP contribution in [-0.4, -0.2) is 32.2 Å². The third-order valence-corrected chi connectivity index (χ3v) is 2.32. The summed E-state index contributed by atoms with van der Waals surface area (Å²) in [6.07, 6.45) is 7.51. The number of hydrogen-bond acceptors (Lipinski definition) is 3. The SMILES string of the molecule is O=CCOCCOC1CCCCC1. The van der Waals surface area contributed by atoms with Gasteiger partial charge in [-0.05, 0) is 12.8 Å². The number of carbonyl (C=O) groups is 1. The molecule has 1 aliphatic rings. The molecule has 1 fully saturated rings. The Morgan fingerprint density at radius 1 is 1.15 bits per heavy atom. The summed E-state index contributed by atoms with van der Waals surface area (Å²) in [5, 5.41) is 0. The molecule has 0 radical (unpaired) electrons. The summed E-state index contributed by atoms with van der Waals surface area (Å²) < 4.78 is 10.6. The van der Waals surface area contributed by atoms with Crippen LogP contribution in [0.15, 0.2) is 0 Å². The summed E-state index contributed by atoms with van der Waals surface area (Å²) >= 11 is 0. The standard InChI is InChI=1S/C10H18O3/c11-6-7-12-8-9-13-10-4-2-1-3-5-10/h6,10H,1-5,7-9H2. The minimum absolute atomic E-state index is 0.189. The molecule has 0 spiro atoms. The summed E-state index contributed by atoms with van der Waals surface area (Å²) in [5.74, 6) is 0. The fourth-order valence-corrected chi connectivity index (χ4v) is 1.64. The molecule has 1 saturated carbocycles. The number of aldehydes is 1. The molecule has 76 valence electrons. The maximum absolute atomic E-state index is 9.90. The van der Waals surface area contributed by atoms with E-state index in [1.54, 1.807) is 0 Å². The Kier molecular flexibility index (Phi) is 5.78. The van der Waals surface area contributed by atoms with Crippen molar-refractivity contribution in [2.45, 2.75) is 38.2 Å². The molecule has 0 aliphatic heterocycles. The predicted molar refractivity (Wildman–Crippen MR) is 49.7 cm³/mol. The number of hydrogen-bond donors (Lipinski definition) is 0. The van der Waals surface area contributed by atoms with Crippen LogP contribution in [0.5, 0.6) is 0 Å². The van der Waals surface area contributed by atoms with E-state index >= 15 is 0 Å². The van der Waals surface area contributed by atoms with Gasteiger partial charge in [0.2, 0.25) is 0 Å². The molecule has 0 atom stereocenters. The van der Waals surface area contributed by atoms with Gasteiger partial charge >= 0.3 is 0 Å². The fourth-order valence-electron chi connectivity index (χ4n) is 1.64. The van der Waals surface area contributed by atoms with Crippen LogP contribution in [-0.2, 0) is 14.3 Å². The molecule has 13 heavy (non-hydrogen) atoms. The van der Waals surface area contributed by atoms with Gasteiger partial charge < -0.3 is 14.3 Å². The van der Waals surface area contributed by atoms with E-state index < -0.39 is 0 Å². The molecule has 3 heteroatoms. The Hall–Kier alpha value is -0.410. The summed E-state index contributed by atoms with van der Waals surface area (Å²) in [5.41, 5.74) is 0. The first-order valence-corrected chi connectivity index (χ1v) is 5.06. The van der Waals surface area contributed by atoms with Gasteiger partial charge in [-0.25, -0.2) is 0 Å². The van der Waals surface area contributed by atoms with E-state index in [2.05, 4.69) is 0 Å². The van der Waals surface area contributed by atoms with E-state index in [1.807, 2.05) is 0 Å². The summed E-state index contributed by atoms with van der Waals surface area (Å²) in [4.78, 5) is 9.90. The molecule has 0 heterocycles. The quantitative estimate of drug-likeness (QED) is 0.466. The molecule has 0 saturated heterocycles. The Bertz CT molecular complexity index is 130. The van der Waals surface area contributed by atoms with Crippen LogP contribution in [0.4, 0.5) is 0 Å². The highest BCUT2D eigenvalue weighted by molar-refractivity contribution is 5.50. The number of ether oxygens (including phenoxy) is 2. The molecule has 0 amide bonds. The van der Waals surface area contributed by atoms with E-state index in [9.17, 15) is 4.79 Å². The van der Waals surface area contributed by atoms with Gasteiger partial charge in [0.25, 0.3) is 0 Å². The van der Waals surface area contributed by atoms with Crippen LogP contribution in [0, 0.1) is 0 Å². The zero-order valence-electron chi connectivity index (χ0n) is 8.04. The first-order valence-electron chi connectivity index (χ1n) is 5.06. The molecule has 3 nitrogen and oxygen atoms in total. The number of carbonyl (C=O) groups excluding carboxylic acids is 1. The van der Waals surface area contributed by atoms with Crippen molar-refractivity contribution in [1.29, 1.82) is 0 Å². The highest BCUT2D eigenvalue weighted by Gasteiger charge is 2.12. The smallest absolute Gasteiger partial charge is 0.145 e. The molecular formula is C10H18O3. The van der Waals surface area contributed by atoms with Crippen molar-refractivity contribution < 1.29 is 14.3 Å². The summed E-state index contributed by atoms with van der Waals surface area (Å²) in [7, 11) is 0. The van der Waals surface area contributed by atoms with Crippen LogP contribution in [0.1, 0.15) is 32.1 Å². The second kappa shape index (κ2) is 7.04. The van der Waals surface area contributed by atoms with Gasteiger partial charge in [0.1, 0.15) is 12.9 Å². The molecule has 0 aromatic heterocycles. The van der Waals surface area contributed by atoms with Gasteiger partial charge in [0, 0.05) is 0 Å². The fraction of sp³-hybridized carbons (Fsp3) is 0.900. The van der Waals surface area contributed by atoms with Crippen LogP contribution in [0.3, 0.4) is 0 Å². The number of rotatable bonds is 6. The maximum atomic E-state index is 9.90. The summed E-state index contributed by atoms with van der Waals surface area (Å²) in [6, 6.07) is 0. The van der Waals surface area contributed by atoms with Crippen LogP contribution < -0.4 is 0 Å². The topological polar surface area (TPSA) is 35.5 Å². The molecule has 1 aliphatic carbocycles. The first kappa shape index (κ1) is 10.7. The first-order chi connectivity index (χ1) is 6.43. The highest BCUT2D eigenvalue weighted by atomic mass is 16.5. The van der Waals surface area contributed by atoms with Gasteiger partial charge in [-0.2, -0.15) is 0 Å². The van der Waals surface area contributed by atoms with Crippen molar-refractivity contribution in [3.8, 4) is 0 Å². The predicted octanol–water partition coefficient (Wildman–Crippen LogP) is 1.55. The average Bonchev–Trinajstić information content (AvgIpc) is 2.19. The molecule has 0 N–H and O–H groups in total. The lowest BCUT2D eigenvalue weighted by atomic mass is 9.98. The normalized spacial score (nSPS) is 18.8. The van der Waals surface area contributed by atoms with Crippen LogP contribution in [0.2, 0.25) is 0 Å². The summed E-state index contributed by atoms with van der Waals surface area (Å²) in [6.45, 7) is 1.35. The second-order valence-corrected chi connectivity index (χ2v) is 3.37. The molecule has 1 rings (SSSR count). The highest BCUT2D eigenvalue weighted by Crippen LogP contribution is 2.19.